The summed E-state index contributed by atoms with van der Waals surface area (Å²) in [5, 5.41) is 11.5. The Bertz CT molecular complexity index is 1150. The number of carbonyl (C=O) groups is 2. The van der Waals surface area contributed by atoms with E-state index < -0.39 is 18.5 Å². The molecule has 10 heteroatoms. The zero-order valence-corrected chi connectivity index (χ0v) is 17.0. The zero-order chi connectivity index (χ0) is 21.5. The number of amides is 1. The minimum absolute atomic E-state index is 0.0384. The van der Waals surface area contributed by atoms with E-state index in [-0.39, 0.29) is 5.75 Å². The molecular weight excluding hydrogens is 418 g/mol. The zero-order valence-electron chi connectivity index (χ0n) is 16.2. The quantitative estimate of drug-likeness (QED) is 0.332. The van der Waals surface area contributed by atoms with Crippen molar-refractivity contribution < 1.29 is 18.7 Å². The number of aromatic nitrogens is 4. The maximum atomic E-state index is 12.1. The molecule has 3 heterocycles. The third-order valence-corrected chi connectivity index (χ3v) is 4.92. The standard InChI is InChI=1S/C21H17N5O4S/c27-18(23-15-6-4-10-22-12-15)13-30-19(28)14-31-21-25-24-20(17-9-5-11-29-17)26(21)16-7-2-1-3-8-16/h1-12H,13-14H2,(H,23,27). The van der Waals surface area contributed by atoms with Crippen LogP contribution in [-0.4, -0.2) is 44.0 Å². The lowest BCUT2D eigenvalue weighted by Gasteiger charge is -2.09. The molecule has 0 fully saturated rings. The SMILES string of the molecule is O=C(COC(=O)CSc1nnc(-c2ccco2)n1-c1ccccc1)Nc1cccnc1. The van der Waals surface area contributed by atoms with Gasteiger partial charge in [-0.2, -0.15) is 0 Å². The molecule has 9 nitrogen and oxygen atoms in total. The van der Waals surface area contributed by atoms with Crippen LogP contribution >= 0.6 is 11.8 Å². The second-order valence-electron chi connectivity index (χ2n) is 6.19. The minimum atomic E-state index is -0.548. The Labute approximate surface area is 181 Å². The van der Waals surface area contributed by atoms with Crippen LogP contribution in [0.25, 0.3) is 17.3 Å². The minimum Gasteiger partial charge on any atom is -0.461 e. The molecule has 0 atom stereocenters. The fraction of sp³-hybridized carbons (Fsp3) is 0.0952. The van der Waals surface area contributed by atoms with Gasteiger partial charge in [-0.25, -0.2) is 0 Å². The van der Waals surface area contributed by atoms with Gasteiger partial charge in [0.2, 0.25) is 5.82 Å². The van der Waals surface area contributed by atoms with Crippen LogP contribution < -0.4 is 5.32 Å². The molecule has 0 unspecified atom stereocenters. The van der Waals surface area contributed by atoms with Crippen LogP contribution in [0.4, 0.5) is 5.69 Å². The van der Waals surface area contributed by atoms with E-state index in [2.05, 4.69) is 20.5 Å². The molecule has 4 aromatic rings. The van der Waals surface area contributed by atoms with Gasteiger partial charge in [0.25, 0.3) is 5.91 Å². The summed E-state index contributed by atoms with van der Waals surface area (Å²) in [6.45, 7) is -0.392. The number of hydrogen-bond donors (Lipinski definition) is 1. The molecule has 0 radical (unpaired) electrons. The van der Waals surface area contributed by atoms with E-state index in [9.17, 15) is 9.59 Å². The number of pyridine rings is 1. The Morgan fingerprint density at radius 3 is 2.68 bits per heavy atom. The number of thioether (sulfide) groups is 1. The average molecular weight is 435 g/mol. The number of nitrogens with one attached hydrogen (secondary N) is 1. The second kappa shape index (κ2) is 9.72. The van der Waals surface area contributed by atoms with Crippen LogP contribution in [-0.2, 0) is 14.3 Å². The number of furan rings is 1. The van der Waals surface area contributed by atoms with Gasteiger partial charge in [0.1, 0.15) is 0 Å². The van der Waals surface area contributed by atoms with E-state index >= 15 is 0 Å². The highest BCUT2D eigenvalue weighted by Crippen LogP contribution is 2.28. The summed E-state index contributed by atoms with van der Waals surface area (Å²) in [4.78, 5) is 28.0. The smallest absolute Gasteiger partial charge is 0.316 e. The molecular formula is C21H17N5O4S. The summed E-state index contributed by atoms with van der Waals surface area (Å²) in [6, 6.07) is 16.4. The van der Waals surface area contributed by atoms with Crippen molar-refractivity contribution in [2.45, 2.75) is 5.16 Å². The first-order valence-electron chi connectivity index (χ1n) is 9.24. The number of ether oxygens (including phenoxy) is 1. The first kappa shape index (κ1) is 20.4. The fourth-order valence-corrected chi connectivity index (χ4v) is 3.43. The Morgan fingerprint density at radius 2 is 1.94 bits per heavy atom. The van der Waals surface area contributed by atoms with Crippen molar-refractivity contribution in [2.24, 2.45) is 0 Å². The predicted molar refractivity (Wildman–Crippen MR) is 114 cm³/mol. The van der Waals surface area contributed by atoms with Gasteiger partial charge in [0.15, 0.2) is 17.5 Å². The van der Waals surface area contributed by atoms with Crippen LogP contribution in [0.3, 0.4) is 0 Å². The molecule has 1 aromatic carbocycles. The van der Waals surface area contributed by atoms with Gasteiger partial charge in [-0.1, -0.05) is 30.0 Å². The molecule has 1 N–H and O–H groups in total. The molecule has 0 bridgehead atoms. The molecule has 0 aliphatic rings. The van der Waals surface area contributed by atoms with E-state index in [0.717, 1.165) is 17.4 Å². The van der Waals surface area contributed by atoms with Crippen LogP contribution in [0, 0.1) is 0 Å². The predicted octanol–water partition coefficient (Wildman–Crippen LogP) is 3.20. The molecule has 0 spiro atoms. The van der Waals surface area contributed by atoms with E-state index in [1.807, 2.05) is 30.3 Å². The lowest BCUT2D eigenvalue weighted by molar-refractivity contribution is -0.144. The van der Waals surface area contributed by atoms with Crippen LogP contribution in [0.5, 0.6) is 0 Å². The third kappa shape index (κ3) is 5.17. The van der Waals surface area contributed by atoms with E-state index in [4.69, 9.17) is 9.15 Å². The Hall–Kier alpha value is -3.92. The van der Waals surface area contributed by atoms with Crippen molar-refractivity contribution >= 4 is 29.3 Å². The average Bonchev–Trinajstić information content (AvgIpc) is 3.47. The lowest BCUT2D eigenvalue weighted by Crippen LogP contribution is -2.21. The highest BCUT2D eigenvalue weighted by atomic mass is 32.2. The first-order chi connectivity index (χ1) is 15.2. The highest BCUT2D eigenvalue weighted by Gasteiger charge is 2.19. The molecule has 1 amide bonds. The fourth-order valence-electron chi connectivity index (χ4n) is 2.68. The number of anilines is 1. The Balaban J connectivity index is 1.39. The van der Waals surface area contributed by atoms with Gasteiger partial charge in [-0.3, -0.25) is 19.1 Å². The molecule has 156 valence electrons. The topological polar surface area (TPSA) is 112 Å². The van der Waals surface area contributed by atoms with Gasteiger partial charge in [-0.05, 0) is 36.4 Å². The number of para-hydroxylation sites is 1. The van der Waals surface area contributed by atoms with Gasteiger partial charge in [0, 0.05) is 11.9 Å². The van der Waals surface area contributed by atoms with E-state index in [1.165, 1.54) is 6.20 Å². The number of carbonyl (C=O) groups excluding carboxylic acids is 2. The summed E-state index contributed by atoms with van der Waals surface area (Å²) in [6.07, 6.45) is 4.65. The molecule has 0 saturated heterocycles. The maximum absolute atomic E-state index is 12.1. The van der Waals surface area contributed by atoms with E-state index in [0.29, 0.717) is 22.4 Å². The van der Waals surface area contributed by atoms with Crippen molar-refractivity contribution in [2.75, 3.05) is 17.7 Å². The normalized spacial score (nSPS) is 10.6. The van der Waals surface area contributed by atoms with Gasteiger partial charge >= 0.3 is 5.97 Å². The second-order valence-corrected chi connectivity index (χ2v) is 7.14. The highest BCUT2D eigenvalue weighted by molar-refractivity contribution is 7.99. The van der Waals surface area contributed by atoms with Crippen molar-refractivity contribution in [3.05, 3.63) is 73.3 Å². The van der Waals surface area contributed by atoms with Crippen molar-refractivity contribution in [1.82, 2.24) is 19.7 Å². The van der Waals surface area contributed by atoms with Crippen LogP contribution in [0.1, 0.15) is 0 Å². The summed E-state index contributed by atoms with van der Waals surface area (Å²) in [7, 11) is 0. The summed E-state index contributed by atoms with van der Waals surface area (Å²) in [5.74, 6) is 0.0386. The van der Waals surface area contributed by atoms with Gasteiger partial charge < -0.3 is 14.5 Å². The van der Waals surface area contributed by atoms with Crippen molar-refractivity contribution in [1.29, 1.82) is 0 Å². The molecule has 31 heavy (non-hydrogen) atoms. The monoisotopic (exact) mass is 435 g/mol. The number of rotatable bonds is 8. The number of benzene rings is 1. The number of esters is 1. The molecule has 0 saturated carbocycles. The summed E-state index contributed by atoms with van der Waals surface area (Å²) in [5.41, 5.74) is 1.35. The van der Waals surface area contributed by atoms with Crippen molar-refractivity contribution in [3.63, 3.8) is 0 Å². The third-order valence-electron chi connectivity index (χ3n) is 4.02. The van der Waals surface area contributed by atoms with Crippen LogP contribution in [0.2, 0.25) is 0 Å². The van der Waals surface area contributed by atoms with Gasteiger partial charge in [0.05, 0.1) is 23.9 Å². The van der Waals surface area contributed by atoms with Crippen LogP contribution in [0.15, 0.2) is 82.8 Å². The summed E-state index contributed by atoms with van der Waals surface area (Å²) >= 11 is 1.16. The maximum Gasteiger partial charge on any atom is 0.316 e. The van der Waals surface area contributed by atoms with E-state index in [1.54, 1.807) is 41.3 Å². The number of hydrogen-bond acceptors (Lipinski definition) is 8. The van der Waals surface area contributed by atoms with Crippen molar-refractivity contribution in [3.8, 4) is 17.3 Å². The molecule has 3 aromatic heterocycles. The number of nitrogens with zero attached hydrogens (tertiary/aromatic N) is 4. The largest absolute Gasteiger partial charge is 0.461 e. The first-order valence-corrected chi connectivity index (χ1v) is 10.2. The molecule has 0 aliphatic heterocycles. The molecule has 0 aliphatic carbocycles. The Morgan fingerprint density at radius 1 is 1.06 bits per heavy atom. The molecule has 4 rings (SSSR count). The van der Waals surface area contributed by atoms with Gasteiger partial charge in [-0.15, -0.1) is 10.2 Å². The lowest BCUT2D eigenvalue weighted by atomic mass is 10.3. The summed E-state index contributed by atoms with van der Waals surface area (Å²) < 4.78 is 12.3. The Kier molecular flexibility index (Phi) is 6.38.